The monoisotopic (exact) mass is 214 g/mol. The van der Waals surface area contributed by atoms with E-state index in [1.165, 1.54) is 18.4 Å². The lowest BCUT2D eigenvalue weighted by atomic mass is 10.0. The van der Waals surface area contributed by atoms with Gasteiger partial charge in [-0.1, -0.05) is 0 Å². The molecule has 2 aromatic heterocycles. The Bertz CT molecular complexity index is 579. The smallest absolute Gasteiger partial charge is 0.162 e. The van der Waals surface area contributed by atoms with E-state index in [9.17, 15) is 4.79 Å². The minimum absolute atomic E-state index is 0.125. The van der Waals surface area contributed by atoms with Crippen molar-refractivity contribution in [3.63, 3.8) is 0 Å². The van der Waals surface area contributed by atoms with E-state index < -0.39 is 0 Å². The highest BCUT2D eigenvalue weighted by atomic mass is 16.1. The topological polar surface area (TPSA) is 34.9 Å². The summed E-state index contributed by atoms with van der Waals surface area (Å²) in [4.78, 5) is 16.0. The molecule has 0 aromatic carbocycles. The zero-order valence-electron chi connectivity index (χ0n) is 9.53. The number of pyridine rings is 1. The Morgan fingerprint density at radius 1 is 1.50 bits per heavy atom. The van der Waals surface area contributed by atoms with Crippen LogP contribution in [-0.4, -0.2) is 15.3 Å². The van der Waals surface area contributed by atoms with Gasteiger partial charge in [0.25, 0.3) is 0 Å². The maximum atomic E-state index is 11.6. The number of carbonyl (C=O) groups excluding carboxylic acids is 1. The van der Waals surface area contributed by atoms with Gasteiger partial charge in [0, 0.05) is 30.4 Å². The van der Waals surface area contributed by atoms with Crippen LogP contribution in [0.2, 0.25) is 0 Å². The molecular weight excluding hydrogens is 200 g/mol. The van der Waals surface area contributed by atoms with Crippen LogP contribution in [0.4, 0.5) is 0 Å². The largest absolute Gasteiger partial charge is 0.335 e. The molecule has 1 aliphatic carbocycles. The summed E-state index contributed by atoms with van der Waals surface area (Å²) in [6.45, 7) is 1.62. The second-order valence-electron chi connectivity index (χ2n) is 4.58. The Morgan fingerprint density at radius 3 is 2.88 bits per heavy atom. The highest BCUT2D eigenvalue weighted by molar-refractivity contribution is 6.07. The number of ketones is 1. The highest BCUT2D eigenvalue weighted by Gasteiger charge is 2.27. The van der Waals surface area contributed by atoms with Gasteiger partial charge >= 0.3 is 0 Å². The summed E-state index contributed by atoms with van der Waals surface area (Å²) in [5.41, 5.74) is 3.04. The Balaban J connectivity index is 2.38. The lowest BCUT2D eigenvalue weighted by Crippen LogP contribution is -1.92. The van der Waals surface area contributed by atoms with Crippen molar-refractivity contribution in [1.82, 2.24) is 9.55 Å². The molecule has 3 heteroatoms. The molecule has 16 heavy (non-hydrogen) atoms. The van der Waals surface area contributed by atoms with Gasteiger partial charge in [0.1, 0.15) is 5.65 Å². The Hall–Kier alpha value is -1.64. The first-order valence-corrected chi connectivity index (χ1v) is 5.63. The van der Waals surface area contributed by atoms with Crippen molar-refractivity contribution in [2.24, 2.45) is 7.05 Å². The number of aromatic nitrogens is 2. The molecule has 2 heterocycles. The molecular formula is C13H14N2O. The van der Waals surface area contributed by atoms with Gasteiger partial charge in [-0.3, -0.25) is 4.79 Å². The van der Waals surface area contributed by atoms with Gasteiger partial charge < -0.3 is 4.57 Å². The molecule has 0 amide bonds. The van der Waals surface area contributed by atoms with Crippen molar-refractivity contribution in [2.45, 2.75) is 25.7 Å². The maximum absolute atomic E-state index is 11.6. The van der Waals surface area contributed by atoms with Gasteiger partial charge in [-0.2, -0.15) is 0 Å². The third kappa shape index (κ3) is 1.28. The molecule has 0 atom stereocenters. The molecule has 1 aliphatic rings. The van der Waals surface area contributed by atoms with Crippen LogP contribution >= 0.6 is 0 Å². The molecule has 0 saturated heterocycles. The minimum Gasteiger partial charge on any atom is -0.335 e. The van der Waals surface area contributed by atoms with Crippen molar-refractivity contribution in [1.29, 1.82) is 0 Å². The van der Waals surface area contributed by atoms with E-state index in [0.29, 0.717) is 5.92 Å². The van der Waals surface area contributed by atoms with Crippen LogP contribution in [-0.2, 0) is 7.05 Å². The SMILES string of the molecule is CC(=O)c1cn(C)c2nccc(C3CC3)c12. The van der Waals surface area contributed by atoms with Crippen molar-refractivity contribution >= 4 is 16.8 Å². The van der Waals surface area contributed by atoms with Gasteiger partial charge in [-0.25, -0.2) is 4.98 Å². The molecule has 2 aromatic rings. The first-order valence-electron chi connectivity index (χ1n) is 5.63. The number of nitrogens with zero attached hydrogens (tertiary/aromatic N) is 2. The number of fused-ring (bicyclic) bond motifs is 1. The summed E-state index contributed by atoms with van der Waals surface area (Å²) in [5, 5.41) is 1.07. The van der Waals surface area contributed by atoms with Crippen molar-refractivity contribution in [3.8, 4) is 0 Å². The Kier molecular flexibility index (Phi) is 1.90. The number of hydrogen-bond acceptors (Lipinski definition) is 2. The van der Waals surface area contributed by atoms with E-state index >= 15 is 0 Å². The van der Waals surface area contributed by atoms with Gasteiger partial charge in [0.05, 0.1) is 0 Å². The fourth-order valence-corrected chi connectivity index (χ4v) is 2.33. The summed E-state index contributed by atoms with van der Waals surface area (Å²) >= 11 is 0. The highest BCUT2D eigenvalue weighted by Crippen LogP contribution is 2.43. The minimum atomic E-state index is 0.125. The van der Waals surface area contributed by atoms with E-state index in [4.69, 9.17) is 0 Å². The molecule has 0 bridgehead atoms. The molecule has 3 rings (SSSR count). The fourth-order valence-electron chi connectivity index (χ4n) is 2.33. The summed E-state index contributed by atoms with van der Waals surface area (Å²) in [5.74, 6) is 0.770. The first kappa shape index (κ1) is 9.58. The average molecular weight is 214 g/mol. The lowest BCUT2D eigenvalue weighted by molar-refractivity contribution is 0.101. The van der Waals surface area contributed by atoms with Crippen molar-refractivity contribution in [2.75, 3.05) is 0 Å². The molecule has 0 spiro atoms. The second kappa shape index (κ2) is 3.17. The van der Waals surface area contributed by atoms with Crippen molar-refractivity contribution < 1.29 is 4.79 Å². The quantitative estimate of drug-likeness (QED) is 0.720. The summed E-state index contributed by atoms with van der Waals surface area (Å²) < 4.78 is 1.94. The van der Waals surface area contributed by atoms with Crippen LogP contribution in [0.3, 0.4) is 0 Å². The molecule has 1 saturated carbocycles. The van der Waals surface area contributed by atoms with Crippen LogP contribution in [0.1, 0.15) is 41.6 Å². The second-order valence-corrected chi connectivity index (χ2v) is 4.58. The third-order valence-corrected chi connectivity index (χ3v) is 3.29. The van der Waals surface area contributed by atoms with Crippen molar-refractivity contribution in [3.05, 3.63) is 29.6 Å². The van der Waals surface area contributed by atoms with E-state index in [2.05, 4.69) is 11.1 Å². The van der Waals surface area contributed by atoms with Crippen LogP contribution in [0.15, 0.2) is 18.5 Å². The molecule has 0 unspecified atom stereocenters. The number of hydrogen-bond donors (Lipinski definition) is 0. The molecule has 1 fully saturated rings. The van der Waals surface area contributed by atoms with E-state index in [0.717, 1.165) is 16.6 Å². The van der Waals surface area contributed by atoms with Crippen LogP contribution in [0.5, 0.6) is 0 Å². The predicted molar refractivity (Wildman–Crippen MR) is 62.7 cm³/mol. The van der Waals surface area contributed by atoms with E-state index in [1.54, 1.807) is 6.92 Å². The normalized spacial score (nSPS) is 15.6. The van der Waals surface area contributed by atoms with Crippen LogP contribution < -0.4 is 0 Å². The van der Waals surface area contributed by atoms with Crippen LogP contribution in [0.25, 0.3) is 11.0 Å². The van der Waals surface area contributed by atoms with Gasteiger partial charge in [-0.05, 0) is 37.3 Å². The zero-order valence-corrected chi connectivity index (χ0v) is 9.53. The predicted octanol–water partition coefficient (Wildman–Crippen LogP) is 2.65. The number of carbonyl (C=O) groups is 1. The molecule has 3 nitrogen and oxygen atoms in total. The molecule has 0 radical (unpaired) electrons. The zero-order chi connectivity index (χ0) is 11.3. The lowest BCUT2D eigenvalue weighted by Gasteiger charge is -2.02. The average Bonchev–Trinajstić information content (AvgIpc) is 3.03. The molecule has 0 aliphatic heterocycles. The maximum Gasteiger partial charge on any atom is 0.162 e. The fraction of sp³-hybridized carbons (Fsp3) is 0.385. The number of rotatable bonds is 2. The first-order chi connectivity index (χ1) is 7.68. The van der Waals surface area contributed by atoms with E-state index in [-0.39, 0.29) is 5.78 Å². The Morgan fingerprint density at radius 2 is 2.25 bits per heavy atom. The third-order valence-electron chi connectivity index (χ3n) is 3.29. The van der Waals surface area contributed by atoms with Crippen LogP contribution in [0, 0.1) is 0 Å². The molecule has 0 N–H and O–H groups in total. The molecule has 82 valence electrons. The Labute approximate surface area is 94.1 Å². The van der Waals surface area contributed by atoms with Gasteiger partial charge in [0.15, 0.2) is 5.78 Å². The number of aryl methyl sites for hydroxylation is 1. The standard InChI is InChI=1S/C13H14N2O/c1-8(16)11-7-15(2)13-12(11)10(5-6-14-13)9-3-4-9/h5-7,9H,3-4H2,1-2H3. The van der Waals surface area contributed by atoms with E-state index in [1.807, 2.05) is 24.0 Å². The van der Waals surface area contributed by atoms with Gasteiger partial charge in [0.2, 0.25) is 0 Å². The summed E-state index contributed by atoms with van der Waals surface area (Å²) in [6.07, 6.45) is 6.22. The summed E-state index contributed by atoms with van der Waals surface area (Å²) in [6, 6.07) is 2.06. The van der Waals surface area contributed by atoms with Gasteiger partial charge in [-0.15, -0.1) is 0 Å². The summed E-state index contributed by atoms with van der Waals surface area (Å²) in [7, 11) is 1.94. The number of Topliss-reactive ketones (excluding diaryl/α,β-unsaturated/α-hetero) is 1.